The lowest BCUT2D eigenvalue weighted by Gasteiger charge is -2.21. The fourth-order valence-electron chi connectivity index (χ4n) is 2.83. The zero-order valence-electron chi connectivity index (χ0n) is 16.7. The minimum Gasteiger partial charge on any atom is -0.489 e. The number of ether oxygens (including phenoxy) is 1. The molecule has 2 N–H and O–H groups in total. The van der Waals surface area contributed by atoms with Gasteiger partial charge in [-0.1, -0.05) is 32.0 Å². The standard InChI is InChI=1S/C23H23FN2O4/c1-15(2)21(26-22(27)20-10-5-11-29-20)23(28)25-18-8-4-9-19(13-18)30-14-16-6-3-7-17(24)12-16/h3-13,15,21H,14H2,1-2H3,(H,25,28)(H,26,27). The van der Waals surface area contributed by atoms with E-state index < -0.39 is 11.9 Å². The van der Waals surface area contributed by atoms with Crippen LogP contribution in [0.3, 0.4) is 0 Å². The minimum atomic E-state index is -0.750. The first-order valence-corrected chi connectivity index (χ1v) is 9.55. The highest BCUT2D eigenvalue weighted by Crippen LogP contribution is 2.20. The van der Waals surface area contributed by atoms with Crippen LogP contribution in [0.4, 0.5) is 10.1 Å². The Morgan fingerprint density at radius 2 is 1.87 bits per heavy atom. The monoisotopic (exact) mass is 410 g/mol. The number of furan rings is 1. The van der Waals surface area contributed by atoms with Crippen LogP contribution in [0.1, 0.15) is 30.0 Å². The van der Waals surface area contributed by atoms with E-state index in [9.17, 15) is 14.0 Å². The Labute approximate surface area is 174 Å². The third-order valence-corrected chi connectivity index (χ3v) is 4.38. The van der Waals surface area contributed by atoms with Gasteiger partial charge in [0, 0.05) is 11.8 Å². The molecule has 1 atom stereocenters. The van der Waals surface area contributed by atoms with E-state index in [1.165, 1.54) is 24.5 Å². The molecule has 2 amide bonds. The van der Waals surface area contributed by atoms with Crippen LogP contribution in [0.25, 0.3) is 0 Å². The lowest BCUT2D eigenvalue weighted by molar-refractivity contribution is -0.118. The molecule has 3 rings (SSSR count). The van der Waals surface area contributed by atoms with Gasteiger partial charge in [0.25, 0.3) is 5.91 Å². The van der Waals surface area contributed by atoms with E-state index in [0.29, 0.717) is 17.0 Å². The predicted octanol–water partition coefficient (Wildman–Crippen LogP) is 4.39. The molecule has 1 aromatic heterocycles. The molecule has 0 saturated carbocycles. The molecule has 0 aliphatic heterocycles. The summed E-state index contributed by atoms with van der Waals surface area (Å²) in [6, 6.07) is 15.4. The average Bonchev–Trinajstić information content (AvgIpc) is 3.25. The number of halogens is 1. The summed E-state index contributed by atoms with van der Waals surface area (Å²) >= 11 is 0. The van der Waals surface area contributed by atoms with E-state index in [4.69, 9.17) is 9.15 Å². The number of nitrogens with one attached hydrogen (secondary N) is 2. The summed E-state index contributed by atoms with van der Waals surface area (Å²) in [4.78, 5) is 25.0. The van der Waals surface area contributed by atoms with Gasteiger partial charge in [-0.25, -0.2) is 4.39 Å². The van der Waals surface area contributed by atoms with Crippen LogP contribution >= 0.6 is 0 Å². The Morgan fingerprint density at radius 1 is 1.07 bits per heavy atom. The van der Waals surface area contributed by atoms with Gasteiger partial charge >= 0.3 is 0 Å². The molecular weight excluding hydrogens is 387 g/mol. The number of hydrogen-bond donors (Lipinski definition) is 2. The third-order valence-electron chi connectivity index (χ3n) is 4.38. The zero-order valence-corrected chi connectivity index (χ0v) is 16.7. The summed E-state index contributed by atoms with van der Waals surface area (Å²) in [6.45, 7) is 3.87. The highest BCUT2D eigenvalue weighted by molar-refractivity contribution is 6.00. The molecule has 1 unspecified atom stereocenters. The average molecular weight is 410 g/mol. The second-order valence-electron chi connectivity index (χ2n) is 7.11. The van der Waals surface area contributed by atoms with Gasteiger partial charge in [-0.3, -0.25) is 9.59 Å². The Kier molecular flexibility index (Phi) is 6.85. The van der Waals surface area contributed by atoms with E-state index in [2.05, 4.69) is 10.6 Å². The maximum absolute atomic E-state index is 13.3. The van der Waals surface area contributed by atoms with Crippen molar-refractivity contribution in [1.29, 1.82) is 0 Å². The van der Waals surface area contributed by atoms with E-state index in [1.54, 1.807) is 42.5 Å². The fourth-order valence-corrected chi connectivity index (χ4v) is 2.83. The topological polar surface area (TPSA) is 80.6 Å². The molecule has 7 heteroatoms. The highest BCUT2D eigenvalue weighted by atomic mass is 19.1. The molecule has 3 aromatic rings. The van der Waals surface area contributed by atoms with Gasteiger partial charge in [-0.15, -0.1) is 0 Å². The van der Waals surface area contributed by atoms with Crippen molar-refractivity contribution in [3.8, 4) is 5.75 Å². The molecule has 0 bridgehead atoms. The molecule has 30 heavy (non-hydrogen) atoms. The number of carbonyl (C=O) groups is 2. The van der Waals surface area contributed by atoms with Gasteiger partial charge < -0.3 is 19.8 Å². The summed E-state index contributed by atoms with van der Waals surface area (Å²) in [7, 11) is 0. The molecule has 6 nitrogen and oxygen atoms in total. The predicted molar refractivity (Wildman–Crippen MR) is 111 cm³/mol. The first kappa shape index (κ1) is 21.1. The molecule has 0 saturated heterocycles. The summed E-state index contributed by atoms with van der Waals surface area (Å²) in [5.74, 6) is -0.614. The third kappa shape index (κ3) is 5.70. The first-order valence-electron chi connectivity index (χ1n) is 9.55. The Morgan fingerprint density at radius 3 is 2.57 bits per heavy atom. The highest BCUT2D eigenvalue weighted by Gasteiger charge is 2.25. The summed E-state index contributed by atoms with van der Waals surface area (Å²) in [5.41, 5.74) is 1.22. The normalized spacial score (nSPS) is 11.7. The lowest BCUT2D eigenvalue weighted by atomic mass is 10.0. The van der Waals surface area contributed by atoms with Crippen molar-refractivity contribution in [2.75, 3.05) is 5.32 Å². The van der Waals surface area contributed by atoms with E-state index in [-0.39, 0.29) is 30.0 Å². The van der Waals surface area contributed by atoms with Crippen molar-refractivity contribution < 1.29 is 23.1 Å². The second-order valence-corrected chi connectivity index (χ2v) is 7.11. The van der Waals surface area contributed by atoms with Gasteiger partial charge in [-0.05, 0) is 47.9 Å². The molecule has 0 spiro atoms. The number of rotatable bonds is 8. The summed E-state index contributed by atoms with van der Waals surface area (Å²) in [6.07, 6.45) is 1.40. The number of carbonyl (C=O) groups excluding carboxylic acids is 2. The molecular formula is C23H23FN2O4. The van der Waals surface area contributed by atoms with E-state index in [1.807, 2.05) is 13.8 Å². The van der Waals surface area contributed by atoms with E-state index in [0.717, 1.165) is 0 Å². The van der Waals surface area contributed by atoms with Crippen LogP contribution in [-0.4, -0.2) is 17.9 Å². The van der Waals surface area contributed by atoms with Crippen LogP contribution < -0.4 is 15.4 Å². The van der Waals surface area contributed by atoms with Crippen LogP contribution in [0.15, 0.2) is 71.3 Å². The number of anilines is 1. The summed E-state index contributed by atoms with van der Waals surface area (Å²) < 4.78 is 24.1. The van der Waals surface area contributed by atoms with Crippen LogP contribution in [0.5, 0.6) is 5.75 Å². The Hall–Kier alpha value is -3.61. The van der Waals surface area contributed by atoms with Gasteiger partial charge in [0.2, 0.25) is 5.91 Å². The fraction of sp³-hybridized carbons (Fsp3) is 0.217. The van der Waals surface area contributed by atoms with Crippen molar-refractivity contribution >= 4 is 17.5 Å². The van der Waals surface area contributed by atoms with Crippen LogP contribution in [0.2, 0.25) is 0 Å². The molecule has 0 fully saturated rings. The van der Waals surface area contributed by atoms with Crippen molar-refractivity contribution in [1.82, 2.24) is 5.32 Å². The number of benzene rings is 2. The maximum atomic E-state index is 13.3. The van der Waals surface area contributed by atoms with Crippen molar-refractivity contribution in [2.24, 2.45) is 5.92 Å². The molecule has 0 aliphatic carbocycles. The SMILES string of the molecule is CC(C)C(NC(=O)c1ccco1)C(=O)Nc1cccc(OCc2cccc(F)c2)c1. The van der Waals surface area contributed by atoms with E-state index >= 15 is 0 Å². The van der Waals surface area contributed by atoms with Gasteiger partial charge in [-0.2, -0.15) is 0 Å². The second kappa shape index (κ2) is 9.73. The Balaban J connectivity index is 1.63. The smallest absolute Gasteiger partial charge is 0.287 e. The molecule has 156 valence electrons. The molecule has 1 heterocycles. The van der Waals surface area contributed by atoms with Crippen molar-refractivity contribution in [3.63, 3.8) is 0 Å². The molecule has 0 radical (unpaired) electrons. The first-order chi connectivity index (χ1) is 14.4. The number of amides is 2. The number of hydrogen-bond acceptors (Lipinski definition) is 4. The zero-order chi connectivity index (χ0) is 21.5. The van der Waals surface area contributed by atoms with Gasteiger partial charge in [0.1, 0.15) is 24.2 Å². The van der Waals surface area contributed by atoms with Crippen LogP contribution in [-0.2, 0) is 11.4 Å². The van der Waals surface area contributed by atoms with Gasteiger partial charge in [0.05, 0.1) is 6.26 Å². The quantitative estimate of drug-likeness (QED) is 0.577. The molecule has 2 aromatic carbocycles. The van der Waals surface area contributed by atoms with Crippen LogP contribution in [0, 0.1) is 11.7 Å². The summed E-state index contributed by atoms with van der Waals surface area (Å²) in [5, 5.41) is 5.49. The minimum absolute atomic E-state index is 0.140. The maximum Gasteiger partial charge on any atom is 0.287 e. The lowest BCUT2D eigenvalue weighted by Crippen LogP contribution is -2.47. The largest absolute Gasteiger partial charge is 0.489 e. The Bertz CT molecular complexity index is 1000. The van der Waals surface area contributed by atoms with Gasteiger partial charge in [0.15, 0.2) is 5.76 Å². The van der Waals surface area contributed by atoms with Crippen molar-refractivity contribution in [2.45, 2.75) is 26.5 Å². The van der Waals surface area contributed by atoms with Crippen molar-refractivity contribution in [3.05, 3.63) is 84.1 Å². The molecule has 0 aliphatic rings.